The summed E-state index contributed by atoms with van der Waals surface area (Å²) in [7, 11) is -3.36. The number of thiophene rings is 1. The second kappa shape index (κ2) is 5.52. The summed E-state index contributed by atoms with van der Waals surface area (Å²) < 4.78 is 31.5. The Morgan fingerprint density at radius 1 is 1.42 bits per heavy atom. The Labute approximate surface area is 120 Å². The third-order valence-corrected chi connectivity index (χ3v) is 5.07. The van der Waals surface area contributed by atoms with Crippen LogP contribution in [-0.4, -0.2) is 19.3 Å². The van der Waals surface area contributed by atoms with E-state index in [9.17, 15) is 8.42 Å². The normalized spacial score (nSPS) is 11.7. The molecule has 5 nitrogen and oxygen atoms in total. The van der Waals surface area contributed by atoms with Crippen molar-refractivity contribution in [2.45, 2.75) is 20.3 Å². The van der Waals surface area contributed by atoms with Crippen LogP contribution >= 0.6 is 22.9 Å². The second-order valence-electron chi connectivity index (χ2n) is 3.80. The van der Waals surface area contributed by atoms with Crippen molar-refractivity contribution in [2.24, 2.45) is 0 Å². The van der Waals surface area contributed by atoms with E-state index in [4.69, 9.17) is 16.1 Å². The molecule has 2 aromatic heterocycles. The van der Waals surface area contributed by atoms with E-state index in [0.717, 1.165) is 10.4 Å². The predicted octanol–water partition coefficient (Wildman–Crippen LogP) is 3.38. The highest BCUT2D eigenvalue weighted by Crippen LogP contribution is 2.36. The maximum atomic E-state index is 11.6. The van der Waals surface area contributed by atoms with Crippen molar-refractivity contribution < 1.29 is 12.9 Å². The summed E-state index contributed by atoms with van der Waals surface area (Å²) in [6.07, 6.45) is 0.607. The Balaban J connectivity index is 2.41. The largest absolute Gasteiger partial charge is 0.353 e. The fraction of sp³-hybridized carbons (Fsp3) is 0.364. The Kier molecular flexibility index (Phi) is 4.17. The molecule has 2 aromatic rings. The van der Waals surface area contributed by atoms with Gasteiger partial charge in [0.1, 0.15) is 0 Å². The molecule has 0 bridgehead atoms. The Morgan fingerprint density at radius 3 is 2.68 bits per heavy atom. The van der Waals surface area contributed by atoms with Gasteiger partial charge in [0.25, 0.3) is 0 Å². The summed E-state index contributed by atoms with van der Waals surface area (Å²) in [5.41, 5.74) is 0.732. The van der Waals surface area contributed by atoms with Gasteiger partial charge in [0.2, 0.25) is 10.0 Å². The molecule has 1 N–H and O–H groups in total. The molecule has 0 atom stereocenters. The van der Waals surface area contributed by atoms with Crippen LogP contribution in [0.25, 0.3) is 10.6 Å². The molecular weight excluding hydrogens is 308 g/mol. The van der Waals surface area contributed by atoms with Crippen molar-refractivity contribution in [3.8, 4) is 10.6 Å². The lowest BCUT2D eigenvalue weighted by Gasteiger charge is -2.03. The lowest BCUT2D eigenvalue weighted by molar-refractivity contribution is 0.435. The molecule has 19 heavy (non-hydrogen) atoms. The maximum Gasteiger partial charge on any atom is 0.233 e. The number of nitrogens with zero attached hydrogens (tertiary/aromatic N) is 1. The lowest BCUT2D eigenvalue weighted by atomic mass is 10.2. The van der Waals surface area contributed by atoms with Crippen LogP contribution in [-0.2, 0) is 16.4 Å². The molecule has 0 aliphatic carbocycles. The lowest BCUT2D eigenvalue weighted by Crippen LogP contribution is -2.15. The first-order valence-electron chi connectivity index (χ1n) is 5.71. The van der Waals surface area contributed by atoms with Crippen LogP contribution in [0.3, 0.4) is 0 Å². The molecule has 0 aromatic carbocycles. The Bertz CT molecular complexity index is 676. The van der Waals surface area contributed by atoms with Gasteiger partial charge >= 0.3 is 0 Å². The molecule has 0 saturated carbocycles. The van der Waals surface area contributed by atoms with Gasteiger partial charge in [-0.2, -0.15) is 0 Å². The standard InChI is InChI=1S/C11H13ClN2O3S2/c1-3-7-10(8-5-6-9(12)18-8)17-13-11(7)14-19(15,16)4-2/h5-6H,3-4H2,1-2H3,(H,13,14). The van der Waals surface area contributed by atoms with E-state index in [0.29, 0.717) is 16.5 Å². The summed E-state index contributed by atoms with van der Waals surface area (Å²) in [5, 5.41) is 3.80. The van der Waals surface area contributed by atoms with Gasteiger partial charge in [-0.25, -0.2) is 8.42 Å². The summed E-state index contributed by atoms with van der Waals surface area (Å²) in [5.74, 6) is 0.806. The predicted molar refractivity (Wildman–Crippen MR) is 77.3 cm³/mol. The minimum absolute atomic E-state index is 0.0107. The molecule has 2 heterocycles. The van der Waals surface area contributed by atoms with Crippen LogP contribution < -0.4 is 4.72 Å². The zero-order chi connectivity index (χ0) is 14.0. The first-order valence-corrected chi connectivity index (χ1v) is 8.56. The van der Waals surface area contributed by atoms with E-state index in [1.54, 1.807) is 13.0 Å². The van der Waals surface area contributed by atoms with Gasteiger partial charge in [0.05, 0.1) is 15.0 Å². The molecule has 0 aliphatic rings. The van der Waals surface area contributed by atoms with Crippen LogP contribution in [0, 0.1) is 0 Å². The van der Waals surface area contributed by atoms with E-state index in [2.05, 4.69) is 9.88 Å². The minimum atomic E-state index is -3.36. The Morgan fingerprint density at radius 2 is 2.16 bits per heavy atom. The maximum absolute atomic E-state index is 11.6. The number of nitrogens with one attached hydrogen (secondary N) is 1. The first-order chi connectivity index (χ1) is 8.96. The van der Waals surface area contributed by atoms with E-state index >= 15 is 0 Å². The monoisotopic (exact) mass is 320 g/mol. The van der Waals surface area contributed by atoms with Crippen molar-refractivity contribution in [3.63, 3.8) is 0 Å². The van der Waals surface area contributed by atoms with Crippen molar-refractivity contribution >= 4 is 38.8 Å². The van der Waals surface area contributed by atoms with Gasteiger partial charge < -0.3 is 4.52 Å². The average molecular weight is 321 g/mol. The molecule has 104 valence electrons. The van der Waals surface area contributed by atoms with Crippen molar-refractivity contribution in [3.05, 3.63) is 22.0 Å². The molecule has 0 radical (unpaired) electrons. The van der Waals surface area contributed by atoms with Gasteiger partial charge in [-0.3, -0.25) is 4.72 Å². The quantitative estimate of drug-likeness (QED) is 0.916. The number of halogens is 1. The van der Waals surface area contributed by atoms with Crippen LogP contribution in [0.4, 0.5) is 5.82 Å². The summed E-state index contributed by atoms with van der Waals surface area (Å²) in [6.45, 7) is 3.48. The highest BCUT2D eigenvalue weighted by Gasteiger charge is 2.20. The number of anilines is 1. The number of hydrogen-bond donors (Lipinski definition) is 1. The fourth-order valence-electron chi connectivity index (χ4n) is 1.57. The molecule has 0 spiro atoms. The van der Waals surface area contributed by atoms with E-state index in [1.165, 1.54) is 11.3 Å². The van der Waals surface area contributed by atoms with E-state index < -0.39 is 10.0 Å². The summed E-state index contributed by atoms with van der Waals surface area (Å²) in [6, 6.07) is 3.59. The highest BCUT2D eigenvalue weighted by molar-refractivity contribution is 7.92. The molecule has 0 saturated heterocycles. The molecule has 0 fully saturated rings. The Hall–Kier alpha value is -1.05. The van der Waals surface area contributed by atoms with Gasteiger partial charge in [-0.15, -0.1) is 11.3 Å². The zero-order valence-corrected chi connectivity index (χ0v) is 12.8. The average Bonchev–Trinajstić information content (AvgIpc) is 2.95. The summed E-state index contributed by atoms with van der Waals surface area (Å²) >= 11 is 7.25. The van der Waals surface area contributed by atoms with Crippen molar-refractivity contribution in [1.82, 2.24) is 5.16 Å². The molecular formula is C11H13ClN2O3S2. The van der Waals surface area contributed by atoms with Gasteiger partial charge in [-0.1, -0.05) is 23.7 Å². The van der Waals surface area contributed by atoms with E-state index in [1.807, 2.05) is 13.0 Å². The molecule has 0 aliphatic heterocycles. The zero-order valence-electron chi connectivity index (χ0n) is 10.4. The van der Waals surface area contributed by atoms with Crippen LogP contribution in [0.2, 0.25) is 4.34 Å². The topological polar surface area (TPSA) is 72.2 Å². The summed E-state index contributed by atoms with van der Waals surface area (Å²) in [4.78, 5) is 0.830. The second-order valence-corrected chi connectivity index (χ2v) is 7.53. The molecule has 0 amide bonds. The van der Waals surface area contributed by atoms with Gasteiger partial charge in [0.15, 0.2) is 11.6 Å². The SMILES string of the molecule is CCc1c(NS(=O)(=O)CC)noc1-c1ccc(Cl)s1. The van der Waals surface area contributed by atoms with E-state index in [-0.39, 0.29) is 11.6 Å². The number of sulfonamides is 1. The highest BCUT2D eigenvalue weighted by atomic mass is 35.5. The van der Waals surface area contributed by atoms with Gasteiger partial charge in [0, 0.05) is 5.56 Å². The number of rotatable bonds is 5. The minimum Gasteiger partial charge on any atom is -0.353 e. The first kappa shape index (κ1) is 14.4. The molecule has 0 unspecified atom stereocenters. The number of hydrogen-bond acceptors (Lipinski definition) is 5. The third-order valence-electron chi connectivity index (χ3n) is 2.57. The molecule has 8 heteroatoms. The van der Waals surface area contributed by atoms with Crippen LogP contribution in [0.15, 0.2) is 16.7 Å². The van der Waals surface area contributed by atoms with Crippen LogP contribution in [0.1, 0.15) is 19.4 Å². The third kappa shape index (κ3) is 3.10. The van der Waals surface area contributed by atoms with Gasteiger partial charge in [-0.05, 0) is 25.5 Å². The van der Waals surface area contributed by atoms with Crippen molar-refractivity contribution in [2.75, 3.05) is 10.5 Å². The smallest absolute Gasteiger partial charge is 0.233 e. The number of aromatic nitrogens is 1. The van der Waals surface area contributed by atoms with Crippen molar-refractivity contribution in [1.29, 1.82) is 0 Å². The van der Waals surface area contributed by atoms with Crippen LogP contribution in [0.5, 0.6) is 0 Å². The fourth-order valence-corrected chi connectivity index (χ4v) is 3.21. The molecule has 2 rings (SSSR count).